The molecule has 0 fully saturated rings. The van der Waals surface area contributed by atoms with Gasteiger partial charge < -0.3 is 0 Å². The molecule has 0 saturated heterocycles. The minimum Gasteiger partial charge on any atom is -0.103 e. The molecule has 1 radical (unpaired) electrons. The monoisotopic (exact) mass is 211 g/mol. The molecule has 83 valence electrons. The minimum absolute atomic E-state index is 0.00987. The Labute approximate surface area is 92.4 Å². The van der Waals surface area contributed by atoms with Gasteiger partial charge in [0.05, 0.1) is 0 Å². The summed E-state index contributed by atoms with van der Waals surface area (Å²) < 4.78 is 0. The van der Waals surface area contributed by atoms with Crippen molar-refractivity contribution in [2.24, 2.45) is 0 Å². The lowest BCUT2D eigenvalue weighted by Crippen LogP contribution is -2.11. The van der Waals surface area contributed by atoms with Gasteiger partial charge in [0.2, 0.25) is 0 Å². The van der Waals surface area contributed by atoms with Gasteiger partial charge in [0, 0.05) is 8.80 Å². The first kappa shape index (κ1) is 14.0. The van der Waals surface area contributed by atoms with Crippen molar-refractivity contribution in [1.82, 2.24) is 0 Å². The largest absolute Gasteiger partial charge is 0.103 e. The Balaban J connectivity index is 3.54. The van der Waals surface area contributed by atoms with Crippen LogP contribution in [0.2, 0.25) is 18.1 Å². The van der Waals surface area contributed by atoms with Gasteiger partial charge in [0.1, 0.15) is 0 Å². The highest BCUT2D eigenvalue weighted by Gasteiger charge is 2.08. The molecule has 14 heavy (non-hydrogen) atoms. The van der Waals surface area contributed by atoms with Crippen molar-refractivity contribution in [2.45, 2.75) is 70.5 Å². The molecule has 0 aromatic rings. The minimum atomic E-state index is 0.00987. The lowest BCUT2D eigenvalue weighted by molar-refractivity contribution is 0.823. The zero-order chi connectivity index (χ0) is 10.6. The predicted octanol–water partition coefficient (Wildman–Crippen LogP) is 5.05. The van der Waals surface area contributed by atoms with Gasteiger partial charge in [-0.25, -0.2) is 0 Å². The number of hydrogen-bond acceptors (Lipinski definition) is 0. The van der Waals surface area contributed by atoms with Crippen molar-refractivity contribution in [1.29, 1.82) is 0 Å². The zero-order valence-corrected chi connectivity index (χ0v) is 11.1. The fourth-order valence-electron chi connectivity index (χ4n) is 1.72. The molecule has 0 aliphatic heterocycles. The van der Waals surface area contributed by atoms with Crippen LogP contribution in [0.4, 0.5) is 0 Å². The van der Waals surface area contributed by atoms with Gasteiger partial charge in [0.15, 0.2) is 0 Å². The highest BCUT2D eigenvalue weighted by molar-refractivity contribution is 6.58. The first-order valence-electron chi connectivity index (χ1n) is 6.29. The Morgan fingerprint density at radius 2 is 1.43 bits per heavy atom. The van der Waals surface area contributed by atoms with E-state index in [1.54, 1.807) is 12.1 Å². The van der Waals surface area contributed by atoms with Gasteiger partial charge in [-0.15, -0.1) is 6.58 Å². The standard InChI is InChI=1S/C13H27Si/c1-4-7-10-13-14(11-8-5-2)12-9-6-3/h4H,1,5-13H2,2-3H3. The first-order chi connectivity index (χ1) is 6.85. The molecule has 0 bridgehead atoms. The van der Waals surface area contributed by atoms with E-state index in [2.05, 4.69) is 26.5 Å². The van der Waals surface area contributed by atoms with Crippen LogP contribution in [0.5, 0.6) is 0 Å². The summed E-state index contributed by atoms with van der Waals surface area (Å²) in [6, 6.07) is 4.63. The summed E-state index contributed by atoms with van der Waals surface area (Å²) in [4.78, 5) is 0. The third-order valence-electron chi connectivity index (χ3n) is 2.71. The van der Waals surface area contributed by atoms with Crippen LogP contribution in [0.25, 0.3) is 0 Å². The topological polar surface area (TPSA) is 0 Å². The molecule has 0 aliphatic carbocycles. The smallest absolute Gasteiger partial charge is 0.0479 e. The summed E-state index contributed by atoms with van der Waals surface area (Å²) in [6.45, 7) is 8.41. The van der Waals surface area contributed by atoms with Crippen molar-refractivity contribution in [2.75, 3.05) is 0 Å². The fourth-order valence-corrected chi connectivity index (χ4v) is 4.89. The van der Waals surface area contributed by atoms with E-state index in [0.717, 1.165) is 0 Å². The van der Waals surface area contributed by atoms with Crippen LogP contribution in [0.3, 0.4) is 0 Å². The number of rotatable bonds is 10. The van der Waals surface area contributed by atoms with E-state index in [1.807, 2.05) is 0 Å². The quantitative estimate of drug-likeness (QED) is 0.269. The summed E-state index contributed by atoms with van der Waals surface area (Å²) in [7, 11) is 0.00987. The van der Waals surface area contributed by atoms with Crippen molar-refractivity contribution >= 4 is 8.80 Å². The van der Waals surface area contributed by atoms with Crippen LogP contribution in [0, 0.1) is 0 Å². The molecule has 0 aromatic heterocycles. The van der Waals surface area contributed by atoms with E-state index in [9.17, 15) is 0 Å². The van der Waals surface area contributed by atoms with Crippen molar-refractivity contribution in [3.8, 4) is 0 Å². The summed E-state index contributed by atoms with van der Waals surface area (Å²) >= 11 is 0. The number of allylic oxidation sites excluding steroid dienone is 1. The maximum Gasteiger partial charge on any atom is 0.0479 e. The third-order valence-corrected chi connectivity index (χ3v) is 5.89. The van der Waals surface area contributed by atoms with Gasteiger partial charge in [-0.3, -0.25) is 0 Å². The molecule has 0 unspecified atom stereocenters. The Bertz CT molecular complexity index is 112. The third kappa shape index (κ3) is 8.55. The molecule has 0 saturated carbocycles. The van der Waals surface area contributed by atoms with Crippen LogP contribution >= 0.6 is 0 Å². The van der Waals surface area contributed by atoms with Gasteiger partial charge >= 0.3 is 0 Å². The highest BCUT2D eigenvalue weighted by Crippen LogP contribution is 2.16. The second-order valence-electron chi connectivity index (χ2n) is 4.14. The van der Waals surface area contributed by atoms with E-state index in [0.29, 0.717) is 0 Å². The molecule has 0 heterocycles. The van der Waals surface area contributed by atoms with Gasteiger partial charge in [-0.2, -0.15) is 0 Å². The Morgan fingerprint density at radius 1 is 0.929 bits per heavy atom. The molecule has 0 nitrogen and oxygen atoms in total. The molecular formula is C13H27Si. The number of unbranched alkanes of at least 4 members (excludes halogenated alkanes) is 3. The van der Waals surface area contributed by atoms with Gasteiger partial charge in [-0.05, 0) is 6.42 Å². The molecule has 0 aliphatic rings. The average molecular weight is 211 g/mol. The summed E-state index contributed by atoms with van der Waals surface area (Å²) in [5.74, 6) is 0. The zero-order valence-electron chi connectivity index (χ0n) is 10.1. The van der Waals surface area contributed by atoms with Crippen LogP contribution < -0.4 is 0 Å². The molecular weight excluding hydrogens is 184 g/mol. The molecule has 0 rings (SSSR count). The Morgan fingerprint density at radius 3 is 1.86 bits per heavy atom. The van der Waals surface area contributed by atoms with E-state index >= 15 is 0 Å². The highest BCUT2D eigenvalue weighted by atomic mass is 28.3. The van der Waals surface area contributed by atoms with Crippen LogP contribution in [0.1, 0.15) is 52.4 Å². The molecule has 0 atom stereocenters. The van der Waals surface area contributed by atoms with Crippen LogP contribution in [-0.4, -0.2) is 8.80 Å². The maximum atomic E-state index is 3.79. The molecule has 0 N–H and O–H groups in total. The van der Waals surface area contributed by atoms with Crippen LogP contribution in [-0.2, 0) is 0 Å². The predicted molar refractivity (Wildman–Crippen MR) is 69.4 cm³/mol. The summed E-state index contributed by atoms with van der Waals surface area (Å²) in [6.07, 6.45) is 10.4. The fraction of sp³-hybridized carbons (Fsp3) is 0.846. The van der Waals surface area contributed by atoms with Crippen molar-refractivity contribution in [3.63, 3.8) is 0 Å². The molecule has 0 amide bonds. The average Bonchev–Trinajstić information content (AvgIpc) is 2.21. The second kappa shape index (κ2) is 11.0. The van der Waals surface area contributed by atoms with Crippen LogP contribution in [0.15, 0.2) is 12.7 Å². The number of hydrogen-bond donors (Lipinski definition) is 0. The van der Waals surface area contributed by atoms with Gasteiger partial charge in [-0.1, -0.05) is 70.2 Å². The SMILES string of the molecule is C=CCCC[Si](CCCC)CCCC. The summed E-state index contributed by atoms with van der Waals surface area (Å²) in [5, 5.41) is 0. The molecule has 0 spiro atoms. The van der Waals surface area contributed by atoms with E-state index in [4.69, 9.17) is 0 Å². The van der Waals surface area contributed by atoms with E-state index in [1.165, 1.54) is 44.6 Å². The lowest BCUT2D eigenvalue weighted by atomic mass is 10.3. The summed E-state index contributed by atoms with van der Waals surface area (Å²) in [5.41, 5.74) is 0. The molecule has 0 aromatic carbocycles. The van der Waals surface area contributed by atoms with Crippen molar-refractivity contribution < 1.29 is 0 Å². The Hall–Kier alpha value is -0.0431. The van der Waals surface area contributed by atoms with Gasteiger partial charge in [0.25, 0.3) is 0 Å². The molecule has 1 heteroatoms. The maximum absolute atomic E-state index is 3.79. The second-order valence-corrected chi connectivity index (χ2v) is 7.14. The Kier molecular flexibility index (Phi) is 11.0. The lowest BCUT2D eigenvalue weighted by Gasteiger charge is -2.13. The van der Waals surface area contributed by atoms with E-state index in [-0.39, 0.29) is 8.80 Å². The normalized spacial score (nSPS) is 10.8. The van der Waals surface area contributed by atoms with E-state index < -0.39 is 0 Å². The van der Waals surface area contributed by atoms with Crippen molar-refractivity contribution in [3.05, 3.63) is 12.7 Å². The first-order valence-corrected chi connectivity index (χ1v) is 8.41.